The summed E-state index contributed by atoms with van der Waals surface area (Å²) in [5.41, 5.74) is 0. The van der Waals surface area contributed by atoms with Crippen LogP contribution in [0.4, 0.5) is 26.3 Å². The maximum absolute atomic E-state index is 12.9. The summed E-state index contributed by atoms with van der Waals surface area (Å²) >= 11 is -3.97. The monoisotopic (exact) mass is 458 g/mol. The van der Waals surface area contributed by atoms with Crippen LogP contribution in [-0.2, 0) is 3.07 Å². The minimum absolute atomic E-state index is 0.438. The van der Waals surface area contributed by atoms with Crippen molar-refractivity contribution in [3.05, 3.63) is 0 Å². The van der Waals surface area contributed by atoms with Gasteiger partial charge in [-0.2, -0.15) is 0 Å². The molecule has 0 saturated carbocycles. The van der Waals surface area contributed by atoms with Crippen LogP contribution in [0.25, 0.3) is 0 Å². The molecular formula is C15H28F6OSn. The van der Waals surface area contributed by atoms with Gasteiger partial charge in [0.25, 0.3) is 0 Å². The number of alkyl halides is 6. The first-order valence-electron chi connectivity index (χ1n) is 8.33. The third-order valence-electron chi connectivity index (χ3n) is 3.92. The Hall–Kier alpha value is 0.339. The SMILES string of the molecule is CCC[CH2][Sn]([CH2]CCC)([CH2]CCC)[O]C(C(F)(F)F)C(F)(F)F. The zero-order valence-corrected chi connectivity index (χ0v) is 17.0. The van der Waals surface area contributed by atoms with Crippen molar-refractivity contribution >= 4 is 18.8 Å². The van der Waals surface area contributed by atoms with E-state index in [4.69, 9.17) is 3.07 Å². The van der Waals surface area contributed by atoms with Gasteiger partial charge in [-0.3, -0.25) is 0 Å². The first-order chi connectivity index (χ1) is 10.5. The van der Waals surface area contributed by atoms with Gasteiger partial charge >= 0.3 is 139 Å². The predicted molar refractivity (Wildman–Crippen MR) is 81.9 cm³/mol. The quantitative estimate of drug-likeness (QED) is 0.244. The zero-order chi connectivity index (χ0) is 18.1. The molecular weight excluding hydrogens is 429 g/mol. The fraction of sp³-hybridized carbons (Fsp3) is 1.00. The molecule has 0 aromatic carbocycles. The van der Waals surface area contributed by atoms with Crippen LogP contribution in [-0.4, -0.2) is 37.2 Å². The Morgan fingerprint density at radius 1 is 0.696 bits per heavy atom. The van der Waals surface area contributed by atoms with Gasteiger partial charge in [0.05, 0.1) is 0 Å². The molecule has 1 nitrogen and oxygen atoms in total. The van der Waals surface area contributed by atoms with Gasteiger partial charge in [0, 0.05) is 0 Å². The van der Waals surface area contributed by atoms with E-state index in [1.165, 1.54) is 0 Å². The van der Waals surface area contributed by atoms with Gasteiger partial charge < -0.3 is 0 Å². The van der Waals surface area contributed by atoms with Crippen molar-refractivity contribution in [3.63, 3.8) is 0 Å². The Morgan fingerprint density at radius 3 is 1.22 bits per heavy atom. The number of rotatable bonds is 11. The maximum atomic E-state index is 12.9. The molecule has 0 aromatic heterocycles. The van der Waals surface area contributed by atoms with E-state index >= 15 is 0 Å². The van der Waals surface area contributed by atoms with E-state index < -0.39 is 37.2 Å². The Bertz CT molecular complexity index is 280. The molecule has 140 valence electrons. The Balaban J connectivity index is 5.48. The van der Waals surface area contributed by atoms with Gasteiger partial charge in [-0.05, 0) is 0 Å². The molecule has 0 spiro atoms. The molecule has 8 heteroatoms. The molecule has 0 atom stereocenters. The molecule has 0 bridgehead atoms. The topological polar surface area (TPSA) is 9.23 Å². The van der Waals surface area contributed by atoms with Crippen molar-refractivity contribution < 1.29 is 29.4 Å². The van der Waals surface area contributed by atoms with Gasteiger partial charge in [-0.1, -0.05) is 0 Å². The van der Waals surface area contributed by atoms with Crippen molar-refractivity contribution in [2.24, 2.45) is 0 Å². The summed E-state index contributed by atoms with van der Waals surface area (Å²) < 4.78 is 83.8. The third-order valence-corrected chi connectivity index (χ3v) is 16.8. The summed E-state index contributed by atoms with van der Waals surface area (Å²) in [6, 6.07) is 0. The molecule has 0 aliphatic carbocycles. The van der Waals surface area contributed by atoms with Crippen molar-refractivity contribution in [1.82, 2.24) is 0 Å². The molecule has 0 fully saturated rings. The first-order valence-corrected chi connectivity index (χ1v) is 15.6. The van der Waals surface area contributed by atoms with Gasteiger partial charge in [0.1, 0.15) is 0 Å². The van der Waals surface area contributed by atoms with Gasteiger partial charge in [0.15, 0.2) is 0 Å². The molecule has 0 rings (SSSR count). The molecule has 0 heterocycles. The molecule has 0 amide bonds. The van der Waals surface area contributed by atoms with E-state index in [1.54, 1.807) is 0 Å². The Morgan fingerprint density at radius 2 is 1.00 bits per heavy atom. The Kier molecular flexibility index (Phi) is 10.5. The van der Waals surface area contributed by atoms with Crippen molar-refractivity contribution in [3.8, 4) is 0 Å². The summed E-state index contributed by atoms with van der Waals surface area (Å²) in [6.45, 7) is 5.67. The second-order valence-corrected chi connectivity index (χ2v) is 17.8. The number of halogens is 6. The van der Waals surface area contributed by atoms with E-state index in [0.29, 0.717) is 32.6 Å². The Labute approximate surface area is 139 Å². The molecule has 0 aromatic rings. The van der Waals surface area contributed by atoms with Gasteiger partial charge in [-0.15, -0.1) is 0 Å². The van der Waals surface area contributed by atoms with Gasteiger partial charge in [-0.25, -0.2) is 0 Å². The van der Waals surface area contributed by atoms with E-state index in [0.717, 1.165) is 19.3 Å². The number of unbranched alkanes of at least 4 members (excludes halogenated alkanes) is 3. The predicted octanol–water partition coefficient (Wildman–Crippen LogP) is 6.84. The van der Waals surface area contributed by atoms with Crippen LogP contribution in [0, 0.1) is 0 Å². The molecule has 23 heavy (non-hydrogen) atoms. The minimum atomic E-state index is -5.40. The van der Waals surface area contributed by atoms with E-state index in [2.05, 4.69) is 0 Å². The zero-order valence-electron chi connectivity index (χ0n) is 14.1. The normalized spacial score (nSPS) is 13.8. The van der Waals surface area contributed by atoms with Crippen LogP contribution < -0.4 is 0 Å². The average Bonchev–Trinajstić information content (AvgIpc) is 2.43. The fourth-order valence-corrected chi connectivity index (χ4v) is 16.5. The van der Waals surface area contributed by atoms with Crippen LogP contribution in [0.2, 0.25) is 13.3 Å². The van der Waals surface area contributed by atoms with Crippen molar-refractivity contribution in [2.45, 2.75) is 91.1 Å². The molecule has 0 unspecified atom stereocenters. The summed E-state index contributed by atoms with van der Waals surface area (Å²) in [7, 11) is 0. The van der Waals surface area contributed by atoms with Crippen LogP contribution in [0.1, 0.15) is 59.3 Å². The van der Waals surface area contributed by atoms with E-state index in [-0.39, 0.29) is 0 Å². The van der Waals surface area contributed by atoms with Crippen molar-refractivity contribution in [1.29, 1.82) is 0 Å². The standard InChI is InChI=1S/3C4H9.C3HF6O.Sn/c3*1-3-4-2;4-2(5,6)1(10)3(7,8)9;/h3*1,3-4H2,2H3;1H;/q;;;-1;+1. The van der Waals surface area contributed by atoms with Crippen LogP contribution in [0.3, 0.4) is 0 Å². The molecule has 0 saturated heterocycles. The van der Waals surface area contributed by atoms with Crippen LogP contribution >= 0.6 is 0 Å². The molecule has 0 N–H and O–H groups in total. The summed E-state index contributed by atoms with van der Waals surface area (Å²) in [5, 5.41) is 0. The molecule has 0 aliphatic rings. The second-order valence-electron chi connectivity index (χ2n) is 6.07. The summed E-state index contributed by atoms with van der Waals surface area (Å²) in [4.78, 5) is 0. The van der Waals surface area contributed by atoms with Crippen LogP contribution in [0.5, 0.6) is 0 Å². The first kappa shape index (κ1) is 23.3. The van der Waals surface area contributed by atoms with E-state index in [9.17, 15) is 26.3 Å². The summed E-state index contributed by atoms with van der Waals surface area (Å²) in [5.74, 6) is 0. The fourth-order valence-electron chi connectivity index (χ4n) is 2.62. The number of hydrogen-bond donors (Lipinski definition) is 0. The summed E-state index contributed by atoms with van der Waals surface area (Å²) in [6.07, 6.45) is -10.2. The molecule has 0 radical (unpaired) electrons. The second kappa shape index (κ2) is 10.4. The molecule has 0 aliphatic heterocycles. The third kappa shape index (κ3) is 8.84. The van der Waals surface area contributed by atoms with Crippen LogP contribution in [0.15, 0.2) is 0 Å². The van der Waals surface area contributed by atoms with Crippen molar-refractivity contribution in [2.75, 3.05) is 0 Å². The number of hydrogen-bond acceptors (Lipinski definition) is 1. The van der Waals surface area contributed by atoms with E-state index in [1.807, 2.05) is 20.8 Å². The average molecular weight is 457 g/mol. The van der Waals surface area contributed by atoms with Gasteiger partial charge in [0.2, 0.25) is 0 Å².